The van der Waals surface area contributed by atoms with Crippen LogP contribution in [0.15, 0.2) is 18.2 Å². The number of halogens is 4. The molecular weight excluding hydrogens is 278 g/mol. The van der Waals surface area contributed by atoms with Gasteiger partial charge in [0.1, 0.15) is 5.82 Å². The van der Waals surface area contributed by atoms with E-state index in [1.54, 1.807) is 13.0 Å². The quantitative estimate of drug-likeness (QED) is 0.877. The van der Waals surface area contributed by atoms with E-state index in [1.165, 1.54) is 12.1 Å². The van der Waals surface area contributed by atoms with Crippen LogP contribution in [-0.2, 0) is 13.1 Å². The molecular formula is C11H11F4N5. The maximum atomic E-state index is 13.5. The molecule has 1 aromatic heterocycles. The van der Waals surface area contributed by atoms with E-state index in [9.17, 15) is 17.6 Å². The fourth-order valence-electron chi connectivity index (χ4n) is 1.51. The summed E-state index contributed by atoms with van der Waals surface area (Å²) >= 11 is 0. The van der Waals surface area contributed by atoms with E-state index in [4.69, 9.17) is 0 Å². The van der Waals surface area contributed by atoms with Crippen LogP contribution in [-0.4, -0.2) is 26.4 Å². The van der Waals surface area contributed by atoms with Gasteiger partial charge in [-0.1, -0.05) is 6.07 Å². The minimum Gasteiger partial charge on any atom is -0.375 e. The first-order valence-corrected chi connectivity index (χ1v) is 5.67. The summed E-state index contributed by atoms with van der Waals surface area (Å²) in [6, 6.07) is 4.58. The van der Waals surface area contributed by atoms with Crippen molar-refractivity contribution < 1.29 is 17.6 Å². The van der Waals surface area contributed by atoms with Crippen LogP contribution < -0.4 is 5.32 Å². The molecule has 2 aromatic rings. The van der Waals surface area contributed by atoms with Crippen LogP contribution in [0.3, 0.4) is 0 Å². The van der Waals surface area contributed by atoms with Gasteiger partial charge in [-0.15, -0.1) is 10.2 Å². The molecule has 9 heteroatoms. The smallest absolute Gasteiger partial charge is 0.375 e. The molecule has 0 aliphatic rings. The maximum Gasteiger partial charge on any atom is 0.409 e. The molecule has 0 atom stereocenters. The topological polar surface area (TPSA) is 55.6 Å². The van der Waals surface area contributed by atoms with Gasteiger partial charge in [-0.25, -0.2) is 4.39 Å². The zero-order chi connectivity index (χ0) is 14.8. The largest absolute Gasteiger partial charge is 0.409 e. The first-order valence-electron chi connectivity index (χ1n) is 5.67. The highest BCUT2D eigenvalue weighted by atomic mass is 19.4. The number of hydrogen-bond donors (Lipinski definition) is 1. The molecule has 0 aliphatic carbocycles. The van der Waals surface area contributed by atoms with Crippen LogP contribution in [0.25, 0.3) is 0 Å². The normalized spacial score (nSPS) is 11.7. The number of aromatic nitrogens is 4. The monoisotopic (exact) mass is 289 g/mol. The Morgan fingerprint density at radius 3 is 2.70 bits per heavy atom. The average Bonchev–Trinajstić information content (AvgIpc) is 2.73. The Morgan fingerprint density at radius 2 is 2.05 bits per heavy atom. The molecule has 0 spiro atoms. The van der Waals surface area contributed by atoms with Gasteiger partial charge in [0.25, 0.3) is 0 Å². The van der Waals surface area contributed by atoms with E-state index in [2.05, 4.69) is 20.7 Å². The molecule has 20 heavy (non-hydrogen) atoms. The van der Waals surface area contributed by atoms with Gasteiger partial charge in [-0.2, -0.15) is 18.0 Å². The predicted molar refractivity (Wildman–Crippen MR) is 62.3 cm³/mol. The van der Waals surface area contributed by atoms with E-state index in [0.717, 1.165) is 5.56 Å². The van der Waals surface area contributed by atoms with E-state index >= 15 is 0 Å². The summed E-state index contributed by atoms with van der Waals surface area (Å²) in [6.45, 7) is 0.424. The number of nitrogens with zero attached hydrogens (tertiary/aromatic N) is 4. The molecule has 0 fully saturated rings. The average molecular weight is 289 g/mol. The molecule has 0 bridgehead atoms. The van der Waals surface area contributed by atoms with Gasteiger partial charge in [0.05, 0.1) is 12.2 Å². The standard InChI is InChI=1S/C11H11F4N5/c1-7-2-3-9(8(12)4-7)16-5-10-17-19-20(18-10)6-11(13,14)15/h2-4,16H,5-6H2,1H3. The summed E-state index contributed by atoms with van der Waals surface area (Å²) in [5, 5.41) is 13.0. The number of benzene rings is 1. The van der Waals surface area contributed by atoms with Gasteiger partial charge in [-0.05, 0) is 29.8 Å². The summed E-state index contributed by atoms with van der Waals surface area (Å²) in [7, 11) is 0. The third kappa shape index (κ3) is 3.90. The molecule has 0 amide bonds. The number of hydrogen-bond acceptors (Lipinski definition) is 4. The molecule has 5 nitrogen and oxygen atoms in total. The van der Waals surface area contributed by atoms with Gasteiger partial charge in [-0.3, -0.25) is 0 Å². The zero-order valence-electron chi connectivity index (χ0n) is 10.4. The van der Waals surface area contributed by atoms with Crippen LogP contribution in [0.4, 0.5) is 23.2 Å². The van der Waals surface area contributed by atoms with E-state index in [0.29, 0.717) is 4.80 Å². The van der Waals surface area contributed by atoms with Crippen molar-refractivity contribution >= 4 is 5.69 Å². The van der Waals surface area contributed by atoms with E-state index in [-0.39, 0.29) is 18.1 Å². The molecule has 0 radical (unpaired) electrons. The first kappa shape index (κ1) is 14.2. The number of aryl methyl sites for hydroxylation is 1. The lowest BCUT2D eigenvalue weighted by Crippen LogP contribution is -2.20. The molecule has 108 valence electrons. The van der Waals surface area contributed by atoms with Crippen molar-refractivity contribution in [2.45, 2.75) is 26.2 Å². The van der Waals surface area contributed by atoms with Gasteiger partial charge in [0.15, 0.2) is 12.4 Å². The molecule has 0 aliphatic heterocycles. The second-order valence-corrected chi connectivity index (χ2v) is 4.19. The SMILES string of the molecule is Cc1ccc(NCc2nnn(CC(F)(F)F)n2)c(F)c1. The molecule has 1 aromatic carbocycles. The minimum absolute atomic E-state index is 0.0160. The van der Waals surface area contributed by atoms with Crippen LogP contribution >= 0.6 is 0 Å². The third-order valence-electron chi connectivity index (χ3n) is 2.38. The Balaban J connectivity index is 1.97. The van der Waals surface area contributed by atoms with Crippen LogP contribution in [0, 0.1) is 12.7 Å². The van der Waals surface area contributed by atoms with Crippen molar-refractivity contribution in [1.82, 2.24) is 20.2 Å². The van der Waals surface area contributed by atoms with Gasteiger partial charge in [0, 0.05) is 0 Å². The van der Waals surface area contributed by atoms with E-state index < -0.39 is 18.5 Å². The molecule has 1 N–H and O–H groups in total. The predicted octanol–water partition coefficient (Wildman–Crippen LogP) is 2.30. The number of anilines is 1. The van der Waals surface area contributed by atoms with Crippen LogP contribution in [0.5, 0.6) is 0 Å². The maximum absolute atomic E-state index is 13.5. The minimum atomic E-state index is -4.41. The second kappa shape index (κ2) is 5.43. The Kier molecular flexibility index (Phi) is 3.86. The fourth-order valence-corrected chi connectivity index (χ4v) is 1.51. The Morgan fingerprint density at radius 1 is 1.30 bits per heavy atom. The van der Waals surface area contributed by atoms with Gasteiger partial charge in [0.2, 0.25) is 0 Å². The van der Waals surface area contributed by atoms with Crippen molar-refractivity contribution in [3.63, 3.8) is 0 Å². The number of tetrazole rings is 1. The van der Waals surface area contributed by atoms with Crippen molar-refractivity contribution in [3.8, 4) is 0 Å². The lowest BCUT2D eigenvalue weighted by atomic mass is 10.2. The molecule has 1 heterocycles. The van der Waals surface area contributed by atoms with E-state index in [1.807, 2.05) is 0 Å². The highest BCUT2D eigenvalue weighted by molar-refractivity contribution is 5.46. The number of nitrogens with one attached hydrogen (secondary N) is 1. The van der Waals surface area contributed by atoms with Crippen molar-refractivity contribution in [3.05, 3.63) is 35.4 Å². The highest BCUT2D eigenvalue weighted by Crippen LogP contribution is 2.17. The van der Waals surface area contributed by atoms with Crippen molar-refractivity contribution in [1.29, 1.82) is 0 Å². The summed E-state index contributed by atoms with van der Waals surface area (Å²) in [5.74, 6) is -0.401. The summed E-state index contributed by atoms with van der Waals surface area (Å²) in [4.78, 5) is 0.447. The number of alkyl halides is 3. The summed E-state index contributed by atoms with van der Waals surface area (Å²) in [5.41, 5.74) is 0.991. The highest BCUT2D eigenvalue weighted by Gasteiger charge is 2.29. The summed E-state index contributed by atoms with van der Waals surface area (Å²) < 4.78 is 49.8. The Labute approximate surface area is 111 Å². The third-order valence-corrected chi connectivity index (χ3v) is 2.38. The fraction of sp³-hybridized carbons (Fsp3) is 0.364. The molecule has 0 unspecified atom stereocenters. The van der Waals surface area contributed by atoms with Gasteiger partial charge < -0.3 is 5.32 Å². The van der Waals surface area contributed by atoms with Crippen molar-refractivity contribution in [2.75, 3.05) is 5.32 Å². The lowest BCUT2D eigenvalue weighted by molar-refractivity contribution is -0.145. The molecule has 0 saturated carbocycles. The molecule has 0 saturated heterocycles. The van der Waals surface area contributed by atoms with Crippen LogP contribution in [0.2, 0.25) is 0 Å². The van der Waals surface area contributed by atoms with Crippen LogP contribution in [0.1, 0.15) is 11.4 Å². The zero-order valence-corrected chi connectivity index (χ0v) is 10.4. The summed E-state index contributed by atoms with van der Waals surface area (Å²) in [6.07, 6.45) is -4.41. The van der Waals surface area contributed by atoms with Gasteiger partial charge >= 0.3 is 6.18 Å². The molecule has 2 rings (SSSR count). The lowest BCUT2D eigenvalue weighted by Gasteiger charge is -2.05. The second-order valence-electron chi connectivity index (χ2n) is 4.19. The Hall–Kier alpha value is -2.19. The number of rotatable bonds is 4. The Bertz CT molecular complexity index is 593. The first-order chi connectivity index (χ1) is 9.33. The van der Waals surface area contributed by atoms with Crippen molar-refractivity contribution in [2.24, 2.45) is 0 Å².